The van der Waals surface area contributed by atoms with Gasteiger partial charge in [0.25, 0.3) is 0 Å². The first-order valence-corrected chi connectivity index (χ1v) is 4.73. The van der Waals surface area contributed by atoms with Crippen molar-refractivity contribution < 1.29 is 13.2 Å². The van der Waals surface area contributed by atoms with E-state index < -0.39 is 17.5 Å². The number of hydrogen-bond donors (Lipinski definition) is 1. The SMILES string of the molecule is Cc1nc(N)cc(-c2cc(F)c(F)cc2F)n1. The second-order valence-electron chi connectivity index (χ2n) is 3.47. The van der Waals surface area contributed by atoms with Crippen molar-refractivity contribution in [3.05, 3.63) is 41.5 Å². The van der Waals surface area contributed by atoms with Crippen LogP contribution >= 0.6 is 0 Å². The number of hydrogen-bond acceptors (Lipinski definition) is 3. The Morgan fingerprint density at radius 2 is 1.59 bits per heavy atom. The maximum absolute atomic E-state index is 13.5. The van der Waals surface area contributed by atoms with E-state index in [9.17, 15) is 13.2 Å². The zero-order valence-electron chi connectivity index (χ0n) is 8.84. The molecule has 0 unspecified atom stereocenters. The Labute approximate surface area is 95.1 Å². The molecule has 0 saturated carbocycles. The summed E-state index contributed by atoms with van der Waals surface area (Å²) in [5, 5.41) is 0. The van der Waals surface area contributed by atoms with Gasteiger partial charge in [0, 0.05) is 17.7 Å². The molecule has 0 amide bonds. The minimum absolute atomic E-state index is 0.117. The van der Waals surface area contributed by atoms with Gasteiger partial charge in [0.05, 0.1) is 5.69 Å². The van der Waals surface area contributed by atoms with Gasteiger partial charge in [-0.3, -0.25) is 0 Å². The summed E-state index contributed by atoms with van der Waals surface area (Å²) in [6.07, 6.45) is 0. The number of nitrogens with zero attached hydrogens (tertiary/aromatic N) is 2. The molecule has 17 heavy (non-hydrogen) atoms. The minimum atomic E-state index is -1.25. The van der Waals surface area contributed by atoms with Gasteiger partial charge in [-0.2, -0.15) is 0 Å². The molecule has 0 aliphatic carbocycles. The van der Waals surface area contributed by atoms with E-state index in [0.717, 1.165) is 6.07 Å². The van der Waals surface area contributed by atoms with Crippen LogP contribution in [0, 0.1) is 24.4 Å². The van der Waals surface area contributed by atoms with Crippen molar-refractivity contribution in [3.63, 3.8) is 0 Å². The van der Waals surface area contributed by atoms with Gasteiger partial charge in [0.2, 0.25) is 0 Å². The number of benzene rings is 1. The summed E-state index contributed by atoms with van der Waals surface area (Å²) in [6, 6.07) is 2.51. The van der Waals surface area contributed by atoms with E-state index in [0.29, 0.717) is 11.9 Å². The summed E-state index contributed by atoms with van der Waals surface area (Å²) in [5.74, 6) is -2.83. The van der Waals surface area contributed by atoms with E-state index in [1.54, 1.807) is 6.92 Å². The number of anilines is 1. The Kier molecular flexibility index (Phi) is 2.71. The summed E-state index contributed by atoms with van der Waals surface area (Å²) in [7, 11) is 0. The van der Waals surface area contributed by atoms with Gasteiger partial charge >= 0.3 is 0 Å². The number of halogens is 3. The molecule has 0 bridgehead atoms. The monoisotopic (exact) mass is 239 g/mol. The predicted octanol–water partition coefficient (Wildman–Crippen LogP) is 2.45. The van der Waals surface area contributed by atoms with Crippen LogP contribution in [0.15, 0.2) is 18.2 Å². The van der Waals surface area contributed by atoms with Gasteiger partial charge in [-0.05, 0) is 13.0 Å². The first-order chi connectivity index (χ1) is 7.97. The maximum Gasteiger partial charge on any atom is 0.161 e. The van der Waals surface area contributed by atoms with Crippen molar-refractivity contribution in [3.8, 4) is 11.3 Å². The van der Waals surface area contributed by atoms with Gasteiger partial charge in [-0.1, -0.05) is 0 Å². The van der Waals surface area contributed by atoms with Gasteiger partial charge in [-0.15, -0.1) is 0 Å². The van der Waals surface area contributed by atoms with Crippen molar-refractivity contribution >= 4 is 5.82 Å². The Morgan fingerprint density at radius 1 is 0.941 bits per heavy atom. The van der Waals surface area contributed by atoms with Crippen LogP contribution < -0.4 is 5.73 Å². The highest BCUT2D eigenvalue weighted by atomic mass is 19.2. The van der Waals surface area contributed by atoms with Gasteiger partial charge in [0.1, 0.15) is 17.5 Å². The number of rotatable bonds is 1. The standard InChI is InChI=1S/C11H8F3N3/c1-5-16-10(4-11(15)17-5)6-2-8(13)9(14)3-7(6)12/h2-4H,1H3,(H2,15,16,17). The van der Waals surface area contributed by atoms with Crippen molar-refractivity contribution in [2.45, 2.75) is 6.92 Å². The van der Waals surface area contributed by atoms with Gasteiger partial charge < -0.3 is 5.73 Å². The van der Waals surface area contributed by atoms with E-state index >= 15 is 0 Å². The third-order valence-electron chi connectivity index (χ3n) is 2.14. The van der Waals surface area contributed by atoms with Crippen molar-refractivity contribution in [1.29, 1.82) is 0 Å². The molecule has 6 heteroatoms. The molecule has 2 aromatic rings. The molecule has 0 radical (unpaired) electrons. The molecule has 1 aromatic heterocycles. The fourth-order valence-electron chi connectivity index (χ4n) is 1.45. The number of aromatic nitrogens is 2. The fraction of sp³-hybridized carbons (Fsp3) is 0.0909. The van der Waals surface area contributed by atoms with Crippen LogP contribution in [-0.4, -0.2) is 9.97 Å². The Bertz CT molecular complexity index is 564. The topological polar surface area (TPSA) is 51.8 Å². The Hall–Kier alpha value is -2.11. The largest absolute Gasteiger partial charge is 0.384 e. The smallest absolute Gasteiger partial charge is 0.161 e. The highest BCUT2D eigenvalue weighted by Crippen LogP contribution is 2.24. The highest BCUT2D eigenvalue weighted by Gasteiger charge is 2.13. The zero-order valence-corrected chi connectivity index (χ0v) is 8.84. The predicted molar refractivity (Wildman–Crippen MR) is 56.5 cm³/mol. The Balaban J connectivity index is 2.64. The second-order valence-corrected chi connectivity index (χ2v) is 3.47. The average Bonchev–Trinajstić information content (AvgIpc) is 2.22. The van der Waals surface area contributed by atoms with Crippen molar-refractivity contribution in [2.24, 2.45) is 0 Å². The molecule has 3 nitrogen and oxygen atoms in total. The van der Waals surface area contributed by atoms with Crippen LogP contribution in [0.2, 0.25) is 0 Å². The first kappa shape index (κ1) is 11.4. The lowest BCUT2D eigenvalue weighted by Crippen LogP contribution is -1.99. The lowest BCUT2D eigenvalue weighted by Gasteiger charge is -2.05. The molecule has 2 rings (SSSR count). The quantitative estimate of drug-likeness (QED) is 0.777. The second kappa shape index (κ2) is 4.04. The molecule has 0 spiro atoms. The van der Waals surface area contributed by atoms with E-state index in [2.05, 4.69) is 9.97 Å². The lowest BCUT2D eigenvalue weighted by atomic mass is 10.1. The molecule has 2 N–H and O–H groups in total. The molecule has 1 aromatic carbocycles. The summed E-state index contributed by atoms with van der Waals surface area (Å²) < 4.78 is 39.3. The third kappa shape index (κ3) is 2.20. The summed E-state index contributed by atoms with van der Waals surface area (Å²) in [5.41, 5.74) is 5.44. The van der Waals surface area contributed by atoms with Crippen molar-refractivity contribution in [1.82, 2.24) is 9.97 Å². The molecular weight excluding hydrogens is 231 g/mol. The minimum Gasteiger partial charge on any atom is -0.384 e. The molecule has 0 saturated heterocycles. The van der Waals surface area contributed by atoms with Gasteiger partial charge in [-0.25, -0.2) is 23.1 Å². The number of nitrogens with two attached hydrogens (primary N) is 1. The molecular formula is C11H8F3N3. The lowest BCUT2D eigenvalue weighted by molar-refractivity contribution is 0.496. The molecule has 88 valence electrons. The summed E-state index contributed by atoms with van der Waals surface area (Å²) >= 11 is 0. The maximum atomic E-state index is 13.5. The van der Waals surface area contributed by atoms with E-state index in [1.165, 1.54) is 6.07 Å². The molecule has 0 atom stereocenters. The third-order valence-corrected chi connectivity index (χ3v) is 2.14. The first-order valence-electron chi connectivity index (χ1n) is 4.73. The molecule has 0 fully saturated rings. The van der Waals surface area contributed by atoms with Crippen LogP contribution in [-0.2, 0) is 0 Å². The molecule has 1 heterocycles. The molecule has 0 aliphatic heterocycles. The zero-order chi connectivity index (χ0) is 12.6. The van der Waals surface area contributed by atoms with Crippen LogP contribution in [0.1, 0.15) is 5.82 Å². The van der Waals surface area contributed by atoms with E-state index in [4.69, 9.17) is 5.73 Å². The Morgan fingerprint density at radius 3 is 2.24 bits per heavy atom. The van der Waals surface area contributed by atoms with Crippen LogP contribution in [0.4, 0.5) is 19.0 Å². The van der Waals surface area contributed by atoms with Crippen molar-refractivity contribution in [2.75, 3.05) is 5.73 Å². The normalized spacial score (nSPS) is 10.6. The summed E-state index contributed by atoms with van der Waals surface area (Å²) in [6.45, 7) is 1.57. The van der Waals surface area contributed by atoms with Crippen LogP contribution in [0.3, 0.4) is 0 Å². The number of nitrogen functional groups attached to an aromatic ring is 1. The summed E-state index contributed by atoms with van der Waals surface area (Å²) in [4.78, 5) is 7.72. The molecule has 0 aliphatic rings. The van der Waals surface area contributed by atoms with Crippen LogP contribution in [0.25, 0.3) is 11.3 Å². The van der Waals surface area contributed by atoms with Gasteiger partial charge in [0.15, 0.2) is 11.6 Å². The van der Waals surface area contributed by atoms with E-state index in [1.807, 2.05) is 0 Å². The average molecular weight is 239 g/mol. The number of aryl methyl sites for hydroxylation is 1. The fourth-order valence-corrected chi connectivity index (χ4v) is 1.45. The van der Waals surface area contributed by atoms with E-state index in [-0.39, 0.29) is 17.1 Å². The van der Waals surface area contributed by atoms with Crippen LogP contribution in [0.5, 0.6) is 0 Å². The highest BCUT2D eigenvalue weighted by molar-refractivity contribution is 5.62.